The average molecular weight is 175 g/mol. The average Bonchev–Trinajstić information content (AvgIpc) is 2.83. The predicted octanol–water partition coefficient (Wildman–Crippen LogP) is 2.37. The highest BCUT2D eigenvalue weighted by molar-refractivity contribution is 5.35. The van der Waals surface area contributed by atoms with Gasteiger partial charge in [0.05, 0.1) is 0 Å². The molecule has 0 spiro atoms. The summed E-state index contributed by atoms with van der Waals surface area (Å²) in [6, 6.07) is 9.04. The van der Waals surface area contributed by atoms with E-state index in [4.69, 9.17) is 5.73 Å². The van der Waals surface area contributed by atoms with Gasteiger partial charge in [0.25, 0.3) is 0 Å². The molecule has 1 atom stereocenters. The second-order valence-electron chi connectivity index (χ2n) is 4.31. The molecule has 1 aromatic rings. The van der Waals surface area contributed by atoms with Crippen molar-refractivity contribution >= 4 is 0 Å². The minimum absolute atomic E-state index is 0.286. The van der Waals surface area contributed by atoms with Crippen LogP contribution in [0.15, 0.2) is 24.3 Å². The van der Waals surface area contributed by atoms with Crippen LogP contribution in [0.1, 0.15) is 30.9 Å². The maximum absolute atomic E-state index is 6.01. The van der Waals surface area contributed by atoms with Crippen LogP contribution in [0, 0.1) is 6.92 Å². The lowest BCUT2D eigenvalue weighted by Gasteiger charge is -2.20. The quantitative estimate of drug-likeness (QED) is 0.733. The molecule has 0 heterocycles. The second-order valence-corrected chi connectivity index (χ2v) is 4.31. The summed E-state index contributed by atoms with van der Waals surface area (Å²) in [7, 11) is 0. The summed E-state index contributed by atoms with van der Waals surface area (Å²) in [5, 5.41) is 0. The van der Waals surface area contributed by atoms with Crippen molar-refractivity contribution < 1.29 is 0 Å². The smallest absolute Gasteiger partial charge is 0.0108 e. The fourth-order valence-electron chi connectivity index (χ4n) is 2.10. The maximum Gasteiger partial charge on any atom is 0.0108 e. The van der Waals surface area contributed by atoms with Crippen molar-refractivity contribution in [2.45, 2.75) is 38.1 Å². The van der Waals surface area contributed by atoms with E-state index < -0.39 is 0 Å². The number of hydrogen-bond acceptors (Lipinski definition) is 1. The van der Waals surface area contributed by atoms with Crippen molar-refractivity contribution in [2.75, 3.05) is 0 Å². The van der Waals surface area contributed by atoms with Crippen molar-refractivity contribution in [1.29, 1.82) is 0 Å². The number of nitrogens with two attached hydrogens (primary N) is 1. The fourth-order valence-corrected chi connectivity index (χ4v) is 2.10. The summed E-state index contributed by atoms with van der Waals surface area (Å²) in [5.74, 6) is 0. The summed E-state index contributed by atoms with van der Waals surface area (Å²) in [4.78, 5) is 0. The normalized spacial score (nSPS) is 21.2. The van der Waals surface area contributed by atoms with Gasteiger partial charge < -0.3 is 5.73 Å². The summed E-state index contributed by atoms with van der Waals surface area (Å²) in [6.45, 7) is 4.26. The van der Waals surface area contributed by atoms with Crippen molar-refractivity contribution in [2.24, 2.45) is 5.73 Å². The van der Waals surface area contributed by atoms with Gasteiger partial charge in [0.2, 0.25) is 0 Å². The van der Waals surface area contributed by atoms with Crippen LogP contribution in [0.4, 0.5) is 0 Å². The maximum atomic E-state index is 6.01. The van der Waals surface area contributed by atoms with Gasteiger partial charge in [0.15, 0.2) is 0 Å². The largest absolute Gasteiger partial charge is 0.327 e. The zero-order chi connectivity index (χ0) is 9.47. The molecule has 0 aromatic heterocycles. The molecule has 1 aliphatic carbocycles. The molecule has 0 bridgehead atoms. The van der Waals surface area contributed by atoms with Gasteiger partial charge in [-0.05, 0) is 32.3 Å². The van der Waals surface area contributed by atoms with Gasteiger partial charge in [-0.25, -0.2) is 0 Å². The zero-order valence-electron chi connectivity index (χ0n) is 8.38. The van der Waals surface area contributed by atoms with Crippen LogP contribution < -0.4 is 5.73 Å². The van der Waals surface area contributed by atoms with Crippen LogP contribution in [0.2, 0.25) is 0 Å². The molecule has 1 aliphatic rings. The first-order valence-electron chi connectivity index (χ1n) is 4.98. The van der Waals surface area contributed by atoms with E-state index in [9.17, 15) is 0 Å². The van der Waals surface area contributed by atoms with Gasteiger partial charge in [0.1, 0.15) is 0 Å². The molecule has 1 unspecified atom stereocenters. The first-order valence-corrected chi connectivity index (χ1v) is 4.98. The molecule has 0 radical (unpaired) electrons. The van der Waals surface area contributed by atoms with Crippen molar-refractivity contribution in [3.63, 3.8) is 0 Å². The van der Waals surface area contributed by atoms with E-state index in [0.29, 0.717) is 5.41 Å². The highest BCUT2D eigenvalue weighted by Crippen LogP contribution is 2.50. The molecule has 1 heteroatoms. The zero-order valence-corrected chi connectivity index (χ0v) is 8.38. The molecule has 2 N–H and O–H groups in total. The molecule has 0 aliphatic heterocycles. The van der Waals surface area contributed by atoms with Crippen LogP contribution in [-0.4, -0.2) is 6.04 Å². The minimum Gasteiger partial charge on any atom is -0.327 e. The van der Waals surface area contributed by atoms with Crippen LogP contribution in [-0.2, 0) is 5.41 Å². The molecule has 0 saturated heterocycles. The Balaban J connectivity index is 2.35. The fraction of sp³-hybridized carbons (Fsp3) is 0.500. The molecule has 70 valence electrons. The highest BCUT2D eigenvalue weighted by atomic mass is 14.7. The topological polar surface area (TPSA) is 26.0 Å². The van der Waals surface area contributed by atoms with Crippen LogP contribution in [0.3, 0.4) is 0 Å². The van der Waals surface area contributed by atoms with E-state index >= 15 is 0 Å². The third-order valence-electron chi connectivity index (χ3n) is 3.25. The van der Waals surface area contributed by atoms with Crippen molar-refractivity contribution in [1.82, 2.24) is 0 Å². The molecule has 1 nitrogen and oxygen atoms in total. The van der Waals surface area contributed by atoms with E-state index in [1.165, 1.54) is 24.0 Å². The third-order valence-corrected chi connectivity index (χ3v) is 3.25. The van der Waals surface area contributed by atoms with Gasteiger partial charge >= 0.3 is 0 Å². The van der Waals surface area contributed by atoms with Gasteiger partial charge in [-0.15, -0.1) is 0 Å². The summed E-state index contributed by atoms with van der Waals surface area (Å²) >= 11 is 0. The lowest BCUT2D eigenvalue weighted by atomic mass is 9.89. The molecule has 1 fully saturated rings. The summed E-state index contributed by atoms with van der Waals surface area (Å²) in [6.07, 6.45) is 2.52. The molecule has 2 rings (SSSR count). The second kappa shape index (κ2) is 2.85. The van der Waals surface area contributed by atoms with Crippen LogP contribution >= 0.6 is 0 Å². The first kappa shape index (κ1) is 8.76. The van der Waals surface area contributed by atoms with E-state index in [1.54, 1.807) is 0 Å². The molecule has 13 heavy (non-hydrogen) atoms. The van der Waals surface area contributed by atoms with Crippen LogP contribution in [0.5, 0.6) is 0 Å². The van der Waals surface area contributed by atoms with E-state index in [1.807, 2.05) is 0 Å². The lowest BCUT2D eigenvalue weighted by Crippen LogP contribution is -2.31. The van der Waals surface area contributed by atoms with Gasteiger partial charge in [0, 0.05) is 11.5 Å². The Labute approximate surface area is 80.0 Å². The Morgan fingerprint density at radius 1 is 1.38 bits per heavy atom. The number of rotatable bonds is 2. The standard InChI is InChI=1S/C12H17N/c1-9-4-3-5-11(8-9)12(6-7-12)10(2)13/h3-5,8,10H,6-7,13H2,1-2H3. The number of benzene rings is 1. The van der Waals surface area contributed by atoms with Crippen LogP contribution in [0.25, 0.3) is 0 Å². The molecular formula is C12H17N. The molecule has 0 amide bonds. The number of aryl methyl sites for hydroxylation is 1. The van der Waals surface area contributed by atoms with Gasteiger partial charge in [-0.2, -0.15) is 0 Å². The van der Waals surface area contributed by atoms with Crippen molar-refractivity contribution in [3.05, 3.63) is 35.4 Å². The Morgan fingerprint density at radius 2 is 2.08 bits per heavy atom. The predicted molar refractivity (Wildman–Crippen MR) is 55.7 cm³/mol. The minimum atomic E-state index is 0.286. The monoisotopic (exact) mass is 175 g/mol. The van der Waals surface area contributed by atoms with Crippen molar-refractivity contribution in [3.8, 4) is 0 Å². The lowest BCUT2D eigenvalue weighted by molar-refractivity contribution is 0.556. The highest BCUT2D eigenvalue weighted by Gasteiger charge is 2.47. The molecule has 1 saturated carbocycles. The van der Waals surface area contributed by atoms with E-state index in [-0.39, 0.29) is 6.04 Å². The Morgan fingerprint density at radius 3 is 2.54 bits per heavy atom. The Hall–Kier alpha value is -0.820. The third kappa shape index (κ3) is 1.37. The Kier molecular flexibility index (Phi) is 1.92. The van der Waals surface area contributed by atoms with E-state index in [0.717, 1.165) is 0 Å². The Bertz CT molecular complexity index is 311. The van der Waals surface area contributed by atoms with E-state index in [2.05, 4.69) is 38.1 Å². The number of hydrogen-bond donors (Lipinski definition) is 1. The summed E-state index contributed by atoms with van der Waals surface area (Å²) < 4.78 is 0. The van der Waals surface area contributed by atoms with Gasteiger partial charge in [-0.1, -0.05) is 29.8 Å². The summed E-state index contributed by atoms with van der Waals surface area (Å²) in [5.41, 5.74) is 9.10. The molecule has 1 aromatic carbocycles. The first-order chi connectivity index (χ1) is 6.15. The van der Waals surface area contributed by atoms with Gasteiger partial charge in [-0.3, -0.25) is 0 Å². The SMILES string of the molecule is Cc1cccc(C2(C(C)N)CC2)c1. The molecular weight excluding hydrogens is 158 g/mol.